The lowest BCUT2D eigenvalue weighted by molar-refractivity contribution is 1.71. The summed E-state index contributed by atoms with van der Waals surface area (Å²) >= 11 is 11.2. The summed E-state index contributed by atoms with van der Waals surface area (Å²) in [6.07, 6.45) is 0. The van der Waals surface area contributed by atoms with Crippen molar-refractivity contribution in [2.75, 3.05) is 0 Å². The monoisotopic (exact) mass is 333 g/mol. The van der Waals surface area contributed by atoms with E-state index in [2.05, 4.69) is 0 Å². The van der Waals surface area contributed by atoms with Crippen molar-refractivity contribution in [3.8, 4) is 0 Å². The average Bonchev–Trinajstić information content (AvgIpc) is 1.77. The Morgan fingerprint density at radius 2 is 0.579 bits per heavy atom. The molecule has 1 aromatic carbocycles. The van der Waals surface area contributed by atoms with Gasteiger partial charge in [0.15, 0.2) is 0 Å². The average molecular weight is 334 g/mol. The molecule has 0 saturated heterocycles. The van der Waals surface area contributed by atoms with Gasteiger partial charge in [0, 0.05) is 0 Å². The fourth-order valence-corrected chi connectivity index (χ4v) is 0.711. The van der Waals surface area contributed by atoms with Crippen LogP contribution in [-0.2, 0) is 0 Å². The Labute approximate surface area is 126 Å². The number of halogens is 2. The third-order valence-electron chi connectivity index (χ3n) is 0.824. The molecule has 0 radical (unpaired) electrons. The molecule has 0 heterocycles. The SMILES string of the molecule is Clc1ccccc1Cl.N.N.N.N.N.N.N.N.N.N.N. The van der Waals surface area contributed by atoms with Crippen molar-refractivity contribution in [3.05, 3.63) is 34.3 Å². The van der Waals surface area contributed by atoms with Crippen molar-refractivity contribution in [2.45, 2.75) is 0 Å². The van der Waals surface area contributed by atoms with Gasteiger partial charge in [0.2, 0.25) is 0 Å². The van der Waals surface area contributed by atoms with Gasteiger partial charge in [-0.05, 0) is 12.1 Å². The highest BCUT2D eigenvalue weighted by Crippen LogP contribution is 2.19. The highest BCUT2D eigenvalue weighted by atomic mass is 35.5. The van der Waals surface area contributed by atoms with E-state index in [1.54, 1.807) is 12.1 Å². The van der Waals surface area contributed by atoms with E-state index in [0.29, 0.717) is 10.0 Å². The Morgan fingerprint density at radius 3 is 0.684 bits per heavy atom. The second kappa shape index (κ2) is 53.0. The summed E-state index contributed by atoms with van der Waals surface area (Å²) in [6, 6.07) is 7.19. The molecule has 19 heavy (non-hydrogen) atoms. The third-order valence-corrected chi connectivity index (χ3v) is 1.58. The van der Waals surface area contributed by atoms with Gasteiger partial charge in [-0.2, -0.15) is 0 Å². The van der Waals surface area contributed by atoms with E-state index >= 15 is 0 Å². The summed E-state index contributed by atoms with van der Waals surface area (Å²) in [5, 5.41) is 1.21. The van der Waals surface area contributed by atoms with Gasteiger partial charge >= 0.3 is 0 Å². The maximum absolute atomic E-state index is 5.58. The Kier molecular flexibility index (Phi) is 285. The van der Waals surface area contributed by atoms with Crippen molar-refractivity contribution in [2.24, 2.45) is 0 Å². The summed E-state index contributed by atoms with van der Waals surface area (Å²) in [5.74, 6) is 0. The molecule has 1 aromatic rings. The minimum Gasteiger partial charge on any atom is -0.344 e. The first-order valence-electron chi connectivity index (χ1n) is 2.21. The fraction of sp³-hybridized carbons (Fsp3) is 0. The fourth-order valence-electron chi connectivity index (χ4n) is 0.439. The lowest BCUT2D eigenvalue weighted by atomic mass is 10.4. The molecule has 33 N–H and O–H groups in total. The van der Waals surface area contributed by atoms with E-state index in [1.165, 1.54) is 0 Å². The van der Waals surface area contributed by atoms with E-state index in [0.717, 1.165) is 0 Å². The molecule has 0 aromatic heterocycles. The standard InChI is InChI=1S/C6H4Cl2.11H3N/c7-5-3-1-2-4-6(5)8;;;;;;;;;;;/h1-4H;11*1H3. The van der Waals surface area contributed by atoms with Gasteiger partial charge in [-0.3, -0.25) is 0 Å². The molecule has 0 bridgehead atoms. The molecule has 0 saturated carbocycles. The first-order valence-corrected chi connectivity index (χ1v) is 2.96. The Hall–Kier alpha value is -0.640. The second-order valence-corrected chi connectivity index (χ2v) is 2.23. The third kappa shape index (κ3) is 38.2. The van der Waals surface area contributed by atoms with E-state index in [4.69, 9.17) is 23.2 Å². The van der Waals surface area contributed by atoms with E-state index in [9.17, 15) is 0 Å². The van der Waals surface area contributed by atoms with Crippen LogP contribution >= 0.6 is 23.2 Å². The van der Waals surface area contributed by atoms with Crippen molar-refractivity contribution >= 4 is 23.2 Å². The molecule has 0 spiro atoms. The molecule has 1 rings (SSSR count). The molecule has 0 aliphatic rings. The van der Waals surface area contributed by atoms with Crippen molar-refractivity contribution < 1.29 is 0 Å². The van der Waals surface area contributed by atoms with Crippen LogP contribution in [0, 0.1) is 0 Å². The van der Waals surface area contributed by atoms with Crippen LogP contribution in [0.1, 0.15) is 0 Å². The molecule has 0 unspecified atom stereocenters. The molecule has 13 heteroatoms. The van der Waals surface area contributed by atoms with Crippen LogP contribution in [0.5, 0.6) is 0 Å². The Balaban J connectivity index is -0.00000000646. The molecule has 11 nitrogen and oxygen atoms in total. The Bertz CT molecular complexity index is 181. The zero-order chi connectivity index (χ0) is 5.98. The van der Waals surface area contributed by atoms with Crippen LogP contribution in [0.25, 0.3) is 0 Å². The first kappa shape index (κ1) is 102. The lowest BCUT2D eigenvalue weighted by Crippen LogP contribution is -1.62. The van der Waals surface area contributed by atoms with Gasteiger partial charge in [0.25, 0.3) is 0 Å². The summed E-state index contributed by atoms with van der Waals surface area (Å²) in [5.41, 5.74) is 0. The first-order chi connectivity index (χ1) is 3.80. The van der Waals surface area contributed by atoms with Crippen molar-refractivity contribution in [1.29, 1.82) is 0 Å². The van der Waals surface area contributed by atoms with Crippen LogP contribution in [0.15, 0.2) is 24.3 Å². The van der Waals surface area contributed by atoms with Gasteiger partial charge in [0.05, 0.1) is 10.0 Å². The maximum Gasteiger partial charge on any atom is 0.0592 e. The van der Waals surface area contributed by atoms with Gasteiger partial charge < -0.3 is 67.7 Å². The van der Waals surface area contributed by atoms with Crippen LogP contribution in [0.4, 0.5) is 0 Å². The molecule has 0 aliphatic carbocycles. The minimum absolute atomic E-state index is 0. The van der Waals surface area contributed by atoms with Gasteiger partial charge in [0.1, 0.15) is 0 Å². The zero-order valence-electron chi connectivity index (χ0n) is 11.8. The zero-order valence-corrected chi connectivity index (χ0v) is 13.4. The van der Waals surface area contributed by atoms with Gasteiger partial charge in [-0.15, -0.1) is 0 Å². The van der Waals surface area contributed by atoms with Crippen LogP contribution < -0.4 is 67.7 Å². The van der Waals surface area contributed by atoms with Crippen molar-refractivity contribution in [3.63, 3.8) is 0 Å². The number of benzene rings is 1. The minimum atomic E-state index is 0. The topological polar surface area (TPSA) is 385 Å². The molecule has 0 fully saturated rings. The summed E-state index contributed by atoms with van der Waals surface area (Å²) in [4.78, 5) is 0. The molecule has 0 amide bonds. The van der Waals surface area contributed by atoms with E-state index in [-0.39, 0.29) is 67.7 Å². The van der Waals surface area contributed by atoms with Gasteiger partial charge in [-0.25, -0.2) is 0 Å². The summed E-state index contributed by atoms with van der Waals surface area (Å²) < 4.78 is 0. The molecular weight excluding hydrogens is 297 g/mol. The predicted molar refractivity (Wildman–Crippen MR) is 91.7 cm³/mol. The van der Waals surface area contributed by atoms with E-state index < -0.39 is 0 Å². The smallest absolute Gasteiger partial charge is 0.0592 e. The van der Waals surface area contributed by atoms with Gasteiger partial charge in [-0.1, -0.05) is 35.3 Å². The quantitative estimate of drug-likeness (QED) is 0.306. The number of hydrogen-bond donors (Lipinski definition) is 11. The normalized spacial score (nSPS) is 3.89. The molecule has 0 atom stereocenters. The largest absolute Gasteiger partial charge is 0.344 e. The summed E-state index contributed by atoms with van der Waals surface area (Å²) in [6.45, 7) is 0. The second-order valence-electron chi connectivity index (χ2n) is 1.41. The van der Waals surface area contributed by atoms with Crippen LogP contribution in [0.3, 0.4) is 0 Å². The number of hydrogen-bond acceptors (Lipinski definition) is 11. The van der Waals surface area contributed by atoms with Crippen LogP contribution in [-0.4, -0.2) is 0 Å². The molecule has 130 valence electrons. The predicted octanol–water partition coefficient (Wildman–Crippen LogP) is 4.78. The van der Waals surface area contributed by atoms with E-state index in [1.807, 2.05) is 12.1 Å². The van der Waals surface area contributed by atoms with Crippen molar-refractivity contribution in [1.82, 2.24) is 67.7 Å². The maximum atomic E-state index is 5.58. The highest BCUT2D eigenvalue weighted by Gasteiger charge is 1.89. The lowest BCUT2D eigenvalue weighted by Gasteiger charge is -1.88. The highest BCUT2D eigenvalue weighted by molar-refractivity contribution is 6.41. The van der Waals surface area contributed by atoms with Crippen LogP contribution in [0.2, 0.25) is 10.0 Å². The molecule has 0 aliphatic heterocycles. The summed E-state index contributed by atoms with van der Waals surface area (Å²) in [7, 11) is 0. The Morgan fingerprint density at radius 1 is 0.421 bits per heavy atom. The number of rotatable bonds is 0. The molecular formula is C6H37Cl2N11.